The highest BCUT2D eigenvalue weighted by molar-refractivity contribution is 7.99. The summed E-state index contributed by atoms with van der Waals surface area (Å²) in [5.74, 6) is -3.09. The van der Waals surface area contributed by atoms with Crippen LogP contribution in [0.15, 0.2) is 29.4 Å². The van der Waals surface area contributed by atoms with E-state index in [0.717, 1.165) is 17.2 Å². The first-order valence-corrected chi connectivity index (χ1v) is 6.86. The second-order valence-corrected chi connectivity index (χ2v) is 5.31. The number of pyridine rings is 1. The summed E-state index contributed by atoms with van der Waals surface area (Å²) >= 11 is 1.39. The Morgan fingerprint density at radius 3 is 2.95 bits per heavy atom. The lowest BCUT2D eigenvalue weighted by molar-refractivity contribution is 0.102. The number of alkyl halides is 2. The summed E-state index contributed by atoms with van der Waals surface area (Å²) < 4.78 is 28.8. The molecule has 100 valence electrons. The lowest BCUT2D eigenvalue weighted by Crippen LogP contribution is -2.13. The van der Waals surface area contributed by atoms with Gasteiger partial charge in [0.05, 0.1) is 11.3 Å². The van der Waals surface area contributed by atoms with Crippen LogP contribution in [0.4, 0.5) is 13.8 Å². The molecule has 8 heteroatoms. The fraction of sp³-hybridized carbons (Fsp3) is 0.182. The second-order valence-electron chi connectivity index (χ2n) is 3.52. The van der Waals surface area contributed by atoms with Crippen molar-refractivity contribution >= 4 is 34.2 Å². The van der Waals surface area contributed by atoms with E-state index in [9.17, 15) is 13.6 Å². The van der Waals surface area contributed by atoms with Crippen LogP contribution >= 0.6 is 23.3 Å². The minimum atomic E-state index is -2.62. The Kier molecular flexibility index (Phi) is 4.43. The molecule has 0 fully saturated rings. The number of nitrogens with zero attached hydrogens (tertiary/aromatic N) is 2. The number of hydrogen-bond acceptors (Lipinski definition) is 5. The smallest absolute Gasteiger partial charge is 0.290 e. The van der Waals surface area contributed by atoms with Gasteiger partial charge in [0.15, 0.2) is 0 Å². The largest absolute Gasteiger partial charge is 0.312 e. The summed E-state index contributed by atoms with van der Waals surface area (Å²) in [5, 5.41) is 3.19. The summed E-state index contributed by atoms with van der Waals surface area (Å²) in [6.45, 7) is 1.80. The van der Waals surface area contributed by atoms with Crippen molar-refractivity contribution < 1.29 is 13.6 Å². The van der Waals surface area contributed by atoms with Crippen LogP contribution in [0.2, 0.25) is 0 Å². The molecule has 0 aliphatic rings. The third-order valence-electron chi connectivity index (χ3n) is 2.08. The maximum atomic E-state index is 12.4. The van der Waals surface area contributed by atoms with E-state index in [1.54, 1.807) is 13.0 Å². The fourth-order valence-electron chi connectivity index (χ4n) is 1.34. The van der Waals surface area contributed by atoms with Gasteiger partial charge in [0.1, 0.15) is 10.0 Å². The predicted octanol–water partition coefficient (Wildman–Crippen LogP) is 3.41. The van der Waals surface area contributed by atoms with Gasteiger partial charge in [-0.25, -0.2) is 4.98 Å². The number of rotatable bonds is 4. The third-order valence-corrected chi connectivity index (χ3v) is 3.60. The first-order chi connectivity index (χ1) is 9.06. The molecule has 0 aliphatic carbocycles. The summed E-state index contributed by atoms with van der Waals surface area (Å²) in [5.41, 5.74) is 0.910. The molecule has 19 heavy (non-hydrogen) atoms. The quantitative estimate of drug-likeness (QED) is 0.879. The normalized spacial score (nSPS) is 10.7. The van der Waals surface area contributed by atoms with E-state index in [0.29, 0.717) is 5.00 Å². The van der Waals surface area contributed by atoms with Crippen molar-refractivity contribution in [1.29, 1.82) is 0 Å². The number of thioether (sulfide) groups is 1. The Morgan fingerprint density at radius 2 is 2.32 bits per heavy atom. The number of aryl methyl sites for hydroxylation is 1. The molecule has 0 radical (unpaired) electrons. The molecule has 2 rings (SSSR count). The van der Waals surface area contributed by atoms with Crippen LogP contribution < -0.4 is 5.32 Å². The number of halogens is 2. The maximum Gasteiger partial charge on any atom is 0.290 e. The monoisotopic (exact) mass is 301 g/mol. The minimum absolute atomic E-state index is 0.0104. The molecule has 2 heterocycles. The van der Waals surface area contributed by atoms with Crippen molar-refractivity contribution in [2.24, 2.45) is 0 Å². The van der Waals surface area contributed by atoms with E-state index in [-0.39, 0.29) is 22.4 Å². The number of anilines is 1. The summed E-state index contributed by atoms with van der Waals surface area (Å²) in [4.78, 5) is 15.8. The van der Waals surface area contributed by atoms with Gasteiger partial charge in [0, 0.05) is 6.20 Å². The SMILES string of the molecule is Cc1cc(NC(=O)c2cccnc2SC(F)F)sn1. The molecule has 0 saturated carbocycles. The zero-order valence-electron chi connectivity index (χ0n) is 9.76. The molecule has 0 bridgehead atoms. The number of aromatic nitrogens is 2. The van der Waals surface area contributed by atoms with E-state index < -0.39 is 11.7 Å². The summed E-state index contributed by atoms with van der Waals surface area (Å²) in [6.07, 6.45) is 1.37. The highest BCUT2D eigenvalue weighted by Crippen LogP contribution is 2.27. The minimum Gasteiger partial charge on any atom is -0.312 e. The lowest BCUT2D eigenvalue weighted by Gasteiger charge is -2.06. The van der Waals surface area contributed by atoms with Crippen molar-refractivity contribution in [1.82, 2.24) is 9.36 Å². The molecule has 0 aliphatic heterocycles. The number of nitrogens with one attached hydrogen (secondary N) is 1. The maximum absolute atomic E-state index is 12.4. The Bertz CT molecular complexity index is 589. The lowest BCUT2D eigenvalue weighted by atomic mass is 10.3. The molecule has 0 atom stereocenters. The highest BCUT2D eigenvalue weighted by atomic mass is 32.2. The van der Waals surface area contributed by atoms with Crippen molar-refractivity contribution in [2.45, 2.75) is 17.7 Å². The van der Waals surface area contributed by atoms with Gasteiger partial charge in [-0.05, 0) is 48.4 Å². The van der Waals surface area contributed by atoms with Gasteiger partial charge >= 0.3 is 0 Å². The first-order valence-electron chi connectivity index (χ1n) is 5.21. The highest BCUT2D eigenvalue weighted by Gasteiger charge is 2.17. The van der Waals surface area contributed by atoms with Crippen LogP contribution in [0.3, 0.4) is 0 Å². The van der Waals surface area contributed by atoms with E-state index in [1.807, 2.05) is 0 Å². The molecule has 0 saturated heterocycles. The molecule has 1 amide bonds. The fourth-order valence-corrected chi connectivity index (χ4v) is 2.58. The van der Waals surface area contributed by atoms with Crippen LogP contribution in [0.1, 0.15) is 16.1 Å². The van der Waals surface area contributed by atoms with E-state index >= 15 is 0 Å². The third kappa shape index (κ3) is 3.71. The Labute approximate surface area is 116 Å². The molecule has 2 aromatic heterocycles. The van der Waals surface area contributed by atoms with Crippen LogP contribution in [0, 0.1) is 6.92 Å². The molecule has 0 aromatic carbocycles. The molecule has 2 aromatic rings. The van der Waals surface area contributed by atoms with Crippen molar-refractivity contribution in [3.05, 3.63) is 35.7 Å². The topological polar surface area (TPSA) is 54.9 Å². The molecule has 1 N–H and O–H groups in total. The van der Waals surface area contributed by atoms with Gasteiger partial charge in [-0.15, -0.1) is 0 Å². The van der Waals surface area contributed by atoms with Crippen molar-refractivity contribution in [2.75, 3.05) is 5.32 Å². The number of hydrogen-bond donors (Lipinski definition) is 1. The van der Waals surface area contributed by atoms with Gasteiger partial charge in [-0.3, -0.25) is 4.79 Å². The van der Waals surface area contributed by atoms with Crippen LogP contribution in [-0.2, 0) is 0 Å². The number of carbonyl (C=O) groups is 1. The Morgan fingerprint density at radius 1 is 1.53 bits per heavy atom. The van der Waals surface area contributed by atoms with Crippen molar-refractivity contribution in [3.8, 4) is 0 Å². The van der Waals surface area contributed by atoms with Gasteiger partial charge in [0.25, 0.3) is 11.7 Å². The molecule has 4 nitrogen and oxygen atoms in total. The zero-order chi connectivity index (χ0) is 13.8. The van der Waals surface area contributed by atoms with E-state index in [1.165, 1.54) is 18.3 Å². The average Bonchev–Trinajstić information content (AvgIpc) is 2.74. The number of amides is 1. The van der Waals surface area contributed by atoms with Crippen molar-refractivity contribution in [3.63, 3.8) is 0 Å². The Hall–Kier alpha value is -1.54. The van der Waals surface area contributed by atoms with Gasteiger partial charge < -0.3 is 5.32 Å². The number of carbonyl (C=O) groups excluding carboxylic acids is 1. The molecule has 0 unspecified atom stereocenters. The molecular formula is C11H9F2N3OS2. The average molecular weight is 301 g/mol. The second kappa shape index (κ2) is 6.07. The van der Waals surface area contributed by atoms with Crippen LogP contribution in [0.25, 0.3) is 0 Å². The predicted molar refractivity (Wildman–Crippen MR) is 70.9 cm³/mol. The summed E-state index contributed by atoms with van der Waals surface area (Å²) in [6, 6.07) is 4.70. The van der Waals surface area contributed by atoms with Gasteiger partial charge in [0.2, 0.25) is 0 Å². The molecule has 0 spiro atoms. The van der Waals surface area contributed by atoms with Crippen LogP contribution in [0.5, 0.6) is 0 Å². The summed E-state index contributed by atoms with van der Waals surface area (Å²) in [7, 11) is 0. The van der Waals surface area contributed by atoms with Gasteiger partial charge in [-0.2, -0.15) is 13.2 Å². The first kappa shape index (κ1) is 13.9. The van der Waals surface area contributed by atoms with Gasteiger partial charge in [-0.1, -0.05) is 0 Å². The zero-order valence-corrected chi connectivity index (χ0v) is 11.4. The standard InChI is InChI=1S/C11H9F2N3OS2/c1-6-5-8(19-16-6)15-9(17)7-3-2-4-14-10(7)18-11(12)13/h2-5,11H,1H3,(H,15,17). The van der Waals surface area contributed by atoms with Crippen LogP contribution in [-0.4, -0.2) is 21.0 Å². The van der Waals surface area contributed by atoms with E-state index in [2.05, 4.69) is 14.7 Å². The molecular weight excluding hydrogens is 292 g/mol. The van der Waals surface area contributed by atoms with E-state index in [4.69, 9.17) is 0 Å². The Balaban J connectivity index is 2.18.